The molecule has 1 atom stereocenters. The van der Waals surface area contributed by atoms with Crippen molar-refractivity contribution in [2.45, 2.75) is 19.8 Å². The van der Waals surface area contributed by atoms with Crippen molar-refractivity contribution in [2.24, 2.45) is 5.92 Å². The zero-order valence-electron chi connectivity index (χ0n) is 11.5. The van der Waals surface area contributed by atoms with Crippen LogP contribution >= 0.6 is 15.9 Å². The minimum Gasteiger partial charge on any atom is -0.497 e. The Kier molecular flexibility index (Phi) is 6.51. The fourth-order valence-corrected chi connectivity index (χ4v) is 2.06. The van der Waals surface area contributed by atoms with E-state index in [1.165, 1.54) is 7.11 Å². The molecule has 110 valence electrons. The number of nitrogens with one attached hydrogen (secondary N) is 1. The smallest absolute Gasteiger partial charge is 0.306 e. The number of carboxylic acids is 1. The highest BCUT2D eigenvalue weighted by molar-refractivity contribution is 9.10. The normalized spacial score (nSPS) is 11.8. The Morgan fingerprint density at radius 3 is 2.75 bits per heavy atom. The van der Waals surface area contributed by atoms with Gasteiger partial charge in [0.05, 0.1) is 18.6 Å². The maximum Gasteiger partial charge on any atom is 0.306 e. The molecule has 0 saturated carbocycles. The van der Waals surface area contributed by atoms with Crippen molar-refractivity contribution in [3.8, 4) is 5.75 Å². The highest BCUT2D eigenvalue weighted by Crippen LogP contribution is 2.22. The first-order chi connectivity index (χ1) is 9.45. The number of halogens is 1. The lowest BCUT2D eigenvalue weighted by Crippen LogP contribution is -2.25. The van der Waals surface area contributed by atoms with Crippen LogP contribution in [0.1, 0.15) is 30.1 Å². The second-order valence-electron chi connectivity index (χ2n) is 4.48. The summed E-state index contributed by atoms with van der Waals surface area (Å²) in [4.78, 5) is 22.7. The number of hydrogen-bond donors (Lipinski definition) is 2. The van der Waals surface area contributed by atoms with Gasteiger partial charge in [-0.1, -0.05) is 6.92 Å². The van der Waals surface area contributed by atoms with E-state index in [0.717, 1.165) is 0 Å². The van der Waals surface area contributed by atoms with Crippen LogP contribution in [0.2, 0.25) is 0 Å². The van der Waals surface area contributed by atoms with Crippen LogP contribution < -0.4 is 10.1 Å². The summed E-state index contributed by atoms with van der Waals surface area (Å²) in [6, 6.07) is 5.16. The Bertz CT molecular complexity index is 490. The van der Waals surface area contributed by atoms with Crippen LogP contribution in [0.25, 0.3) is 0 Å². The van der Waals surface area contributed by atoms with Gasteiger partial charge in [-0.15, -0.1) is 0 Å². The van der Waals surface area contributed by atoms with Crippen molar-refractivity contribution >= 4 is 27.8 Å². The third-order valence-corrected chi connectivity index (χ3v) is 3.63. The van der Waals surface area contributed by atoms with Crippen LogP contribution in [0.4, 0.5) is 0 Å². The molecule has 0 radical (unpaired) electrons. The van der Waals surface area contributed by atoms with Gasteiger partial charge in [0.15, 0.2) is 0 Å². The van der Waals surface area contributed by atoms with Gasteiger partial charge in [0.25, 0.3) is 5.91 Å². The van der Waals surface area contributed by atoms with E-state index in [0.29, 0.717) is 35.2 Å². The maximum absolute atomic E-state index is 12.0. The van der Waals surface area contributed by atoms with Crippen LogP contribution in [0, 0.1) is 5.92 Å². The topological polar surface area (TPSA) is 75.6 Å². The fraction of sp³-hybridized carbons (Fsp3) is 0.429. The SMILES string of the molecule is COc1ccc(Br)c(C(=O)NCCCC(C)C(=O)O)c1. The molecule has 0 bridgehead atoms. The van der Waals surface area contributed by atoms with Gasteiger partial charge in [0.1, 0.15) is 5.75 Å². The molecule has 20 heavy (non-hydrogen) atoms. The number of methoxy groups -OCH3 is 1. The van der Waals surface area contributed by atoms with Gasteiger partial charge in [-0.3, -0.25) is 9.59 Å². The van der Waals surface area contributed by atoms with Gasteiger partial charge in [0.2, 0.25) is 0 Å². The Morgan fingerprint density at radius 1 is 1.45 bits per heavy atom. The van der Waals surface area contributed by atoms with Crippen LogP contribution in [-0.2, 0) is 4.79 Å². The first-order valence-corrected chi connectivity index (χ1v) is 7.09. The molecule has 1 amide bonds. The highest BCUT2D eigenvalue weighted by atomic mass is 79.9. The van der Waals surface area contributed by atoms with Crippen LogP contribution in [0.5, 0.6) is 5.75 Å². The molecule has 0 aliphatic carbocycles. The number of aliphatic carboxylic acids is 1. The highest BCUT2D eigenvalue weighted by Gasteiger charge is 2.12. The lowest BCUT2D eigenvalue weighted by atomic mass is 10.1. The van der Waals surface area contributed by atoms with Gasteiger partial charge in [-0.25, -0.2) is 0 Å². The molecule has 0 aromatic heterocycles. The minimum atomic E-state index is -0.813. The van der Waals surface area contributed by atoms with Crippen LogP contribution in [-0.4, -0.2) is 30.6 Å². The minimum absolute atomic E-state index is 0.209. The summed E-state index contributed by atoms with van der Waals surface area (Å²) >= 11 is 3.32. The van der Waals surface area contributed by atoms with Crippen molar-refractivity contribution in [3.05, 3.63) is 28.2 Å². The molecule has 0 spiro atoms. The zero-order chi connectivity index (χ0) is 15.1. The van der Waals surface area contributed by atoms with Gasteiger partial charge in [-0.2, -0.15) is 0 Å². The second kappa shape index (κ2) is 7.89. The molecule has 1 aromatic carbocycles. The molecule has 1 aromatic rings. The first-order valence-electron chi connectivity index (χ1n) is 6.30. The summed E-state index contributed by atoms with van der Waals surface area (Å²) in [6.07, 6.45) is 1.16. The molecule has 2 N–H and O–H groups in total. The maximum atomic E-state index is 12.0. The summed E-state index contributed by atoms with van der Waals surface area (Å²) < 4.78 is 5.77. The predicted octanol–water partition coefficient (Wildman–Crippen LogP) is 2.69. The molecule has 1 rings (SSSR count). The Balaban J connectivity index is 2.49. The number of ether oxygens (including phenoxy) is 1. The van der Waals surface area contributed by atoms with E-state index in [4.69, 9.17) is 9.84 Å². The average molecular weight is 344 g/mol. The van der Waals surface area contributed by atoms with Crippen LogP contribution in [0.15, 0.2) is 22.7 Å². The van der Waals surface area contributed by atoms with E-state index in [9.17, 15) is 9.59 Å². The summed E-state index contributed by atoms with van der Waals surface area (Å²) in [5.74, 6) is -0.807. The van der Waals surface area contributed by atoms with E-state index in [-0.39, 0.29) is 5.91 Å². The molecule has 0 fully saturated rings. The lowest BCUT2D eigenvalue weighted by molar-refractivity contribution is -0.141. The molecule has 6 heteroatoms. The molecule has 0 heterocycles. The number of carbonyl (C=O) groups is 2. The third kappa shape index (κ3) is 4.85. The van der Waals surface area contributed by atoms with Crippen molar-refractivity contribution < 1.29 is 19.4 Å². The number of amides is 1. The van der Waals surface area contributed by atoms with Crippen LogP contribution in [0.3, 0.4) is 0 Å². The number of hydrogen-bond acceptors (Lipinski definition) is 3. The number of carbonyl (C=O) groups excluding carboxylic acids is 1. The van der Waals surface area contributed by atoms with Crippen molar-refractivity contribution in [1.29, 1.82) is 0 Å². The average Bonchev–Trinajstić information content (AvgIpc) is 2.43. The standard InChI is InChI=1S/C14H18BrNO4/c1-9(14(18)19)4-3-7-16-13(17)11-8-10(20-2)5-6-12(11)15/h5-6,8-9H,3-4,7H2,1-2H3,(H,16,17)(H,18,19). The van der Waals surface area contributed by atoms with Gasteiger partial charge in [0, 0.05) is 11.0 Å². The first kappa shape index (κ1) is 16.5. The van der Waals surface area contributed by atoms with E-state index in [2.05, 4.69) is 21.2 Å². The summed E-state index contributed by atoms with van der Waals surface area (Å²) in [7, 11) is 1.54. The second-order valence-corrected chi connectivity index (χ2v) is 5.34. The molecular weight excluding hydrogens is 326 g/mol. The summed E-state index contributed by atoms with van der Waals surface area (Å²) in [5.41, 5.74) is 0.496. The molecule has 0 aliphatic rings. The molecular formula is C14H18BrNO4. The Labute approximate surface area is 126 Å². The monoisotopic (exact) mass is 343 g/mol. The molecule has 0 aliphatic heterocycles. The van der Waals surface area contributed by atoms with Crippen molar-refractivity contribution in [1.82, 2.24) is 5.32 Å². The molecule has 0 saturated heterocycles. The van der Waals surface area contributed by atoms with E-state index in [1.807, 2.05) is 0 Å². The number of rotatable bonds is 7. The van der Waals surface area contributed by atoms with E-state index in [1.54, 1.807) is 25.1 Å². The largest absolute Gasteiger partial charge is 0.497 e. The summed E-state index contributed by atoms with van der Waals surface area (Å²) in [6.45, 7) is 2.10. The number of benzene rings is 1. The van der Waals surface area contributed by atoms with Gasteiger partial charge >= 0.3 is 5.97 Å². The zero-order valence-corrected chi connectivity index (χ0v) is 13.1. The van der Waals surface area contributed by atoms with E-state index >= 15 is 0 Å². The van der Waals surface area contributed by atoms with E-state index < -0.39 is 11.9 Å². The van der Waals surface area contributed by atoms with Gasteiger partial charge in [-0.05, 0) is 47.0 Å². The lowest BCUT2D eigenvalue weighted by Gasteiger charge is -2.09. The van der Waals surface area contributed by atoms with Crippen molar-refractivity contribution in [2.75, 3.05) is 13.7 Å². The molecule has 1 unspecified atom stereocenters. The fourth-order valence-electron chi connectivity index (χ4n) is 1.63. The summed E-state index contributed by atoms with van der Waals surface area (Å²) in [5, 5.41) is 11.5. The number of carboxylic acid groups (broad SMARTS) is 1. The Morgan fingerprint density at radius 2 is 2.15 bits per heavy atom. The molecule has 5 nitrogen and oxygen atoms in total. The van der Waals surface area contributed by atoms with Crippen molar-refractivity contribution in [3.63, 3.8) is 0 Å². The Hall–Kier alpha value is -1.56. The van der Waals surface area contributed by atoms with Gasteiger partial charge < -0.3 is 15.2 Å². The predicted molar refractivity (Wildman–Crippen MR) is 79.1 cm³/mol. The quantitative estimate of drug-likeness (QED) is 0.746. The third-order valence-electron chi connectivity index (χ3n) is 2.94.